The minimum absolute atomic E-state index is 0.370. The summed E-state index contributed by atoms with van der Waals surface area (Å²) in [5, 5.41) is 12.0. The summed E-state index contributed by atoms with van der Waals surface area (Å²) in [6.07, 6.45) is 7.72. The van der Waals surface area contributed by atoms with Crippen molar-refractivity contribution in [1.29, 1.82) is 0 Å². The molecule has 3 aliphatic rings. The van der Waals surface area contributed by atoms with Crippen LogP contribution in [0.2, 0.25) is 0 Å². The number of aromatic amines is 1. The van der Waals surface area contributed by atoms with Gasteiger partial charge >= 0.3 is 0 Å². The van der Waals surface area contributed by atoms with E-state index in [0.717, 1.165) is 48.0 Å². The van der Waals surface area contributed by atoms with Crippen molar-refractivity contribution in [3.63, 3.8) is 0 Å². The third-order valence-corrected chi connectivity index (χ3v) is 7.36. The fraction of sp³-hybridized carbons (Fsp3) is 0.435. The number of nitrogens with two attached hydrogens (primary N) is 1. The van der Waals surface area contributed by atoms with Gasteiger partial charge in [-0.25, -0.2) is 14.6 Å². The molecule has 1 atom stereocenters. The molecular formula is C23H26N10. The molecule has 1 fully saturated rings. The molecule has 0 radical (unpaired) electrons. The Balaban J connectivity index is 1.15. The van der Waals surface area contributed by atoms with Crippen LogP contribution in [0.25, 0.3) is 11.2 Å². The molecule has 10 heteroatoms. The largest absolute Gasteiger partial charge is 0.355 e. The average Bonchev–Trinajstić information content (AvgIpc) is 3.58. The molecular weight excluding hydrogens is 416 g/mol. The molecule has 0 saturated carbocycles. The molecule has 0 bridgehead atoms. The maximum absolute atomic E-state index is 8.95. The molecule has 7 rings (SSSR count). The first-order valence-electron chi connectivity index (χ1n) is 12.4. The Morgan fingerprint density at radius 3 is 2.91 bits per heavy atom. The molecule has 1 saturated heterocycles. The van der Waals surface area contributed by atoms with Crippen LogP contribution in [0.4, 0.5) is 17.5 Å². The summed E-state index contributed by atoms with van der Waals surface area (Å²) in [5.74, 6) is 2.53. The highest BCUT2D eigenvalue weighted by Gasteiger charge is 2.46. The number of nitrogens with zero attached hydrogens (tertiary/aromatic N) is 8. The zero-order valence-corrected chi connectivity index (χ0v) is 18.1. The molecule has 168 valence electrons. The highest BCUT2D eigenvalue weighted by atomic mass is 15.4. The molecule has 0 unspecified atom stereocenters. The normalized spacial score (nSPS) is 24.0. The monoisotopic (exact) mass is 444 g/mol. The zero-order chi connectivity index (χ0) is 23.8. The molecule has 4 aromatic rings. The van der Waals surface area contributed by atoms with E-state index in [4.69, 9.17) is 18.4 Å². The smallest absolute Gasteiger partial charge is 0.184 e. The summed E-state index contributed by atoms with van der Waals surface area (Å²) in [4.78, 5) is 18.1. The topological polar surface area (TPSA) is 118 Å². The Hall–Kier alpha value is -3.53. The summed E-state index contributed by atoms with van der Waals surface area (Å²) in [6.45, 7) is 3.06. The molecule has 6 heterocycles. The van der Waals surface area contributed by atoms with E-state index in [-0.39, 0.29) is 6.04 Å². The van der Waals surface area contributed by atoms with Gasteiger partial charge in [0.05, 0.1) is 12.4 Å². The number of rotatable bonds is 2. The lowest BCUT2D eigenvalue weighted by molar-refractivity contribution is 0.187. The fourth-order valence-corrected chi connectivity index (χ4v) is 5.54. The number of pyridine rings is 1. The van der Waals surface area contributed by atoms with E-state index in [1.165, 1.54) is 0 Å². The number of H-pyrrole nitrogens is 1. The van der Waals surface area contributed by atoms with Crippen LogP contribution >= 0.6 is 0 Å². The van der Waals surface area contributed by atoms with Crippen LogP contribution in [0, 0.1) is 5.41 Å². The van der Waals surface area contributed by atoms with Gasteiger partial charge in [0.25, 0.3) is 0 Å². The SMILES string of the molecule is [2H]C1([2H])c2ccncc2[C@@H](N)C12CCN(c1cnc3c(N4CCCn5nccc54)n[nH]c3n1)CC2. The Morgan fingerprint density at radius 2 is 2.03 bits per heavy atom. The van der Waals surface area contributed by atoms with Gasteiger partial charge in [-0.1, -0.05) is 0 Å². The van der Waals surface area contributed by atoms with Gasteiger partial charge in [0.15, 0.2) is 17.0 Å². The number of aryl methyl sites for hydroxylation is 1. The van der Waals surface area contributed by atoms with Gasteiger partial charge in [0.2, 0.25) is 0 Å². The molecule has 3 N–H and O–H groups in total. The summed E-state index contributed by atoms with van der Waals surface area (Å²) in [7, 11) is 0. The van der Waals surface area contributed by atoms with Crippen molar-refractivity contribution in [3.05, 3.63) is 48.0 Å². The number of fused-ring (bicyclic) bond motifs is 3. The van der Waals surface area contributed by atoms with Gasteiger partial charge < -0.3 is 15.5 Å². The average molecular weight is 445 g/mol. The van der Waals surface area contributed by atoms with Gasteiger partial charge in [-0.3, -0.25) is 10.1 Å². The molecule has 1 aliphatic carbocycles. The predicted octanol–water partition coefficient (Wildman–Crippen LogP) is 2.33. The van der Waals surface area contributed by atoms with Crippen molar-refractivity contribution in [2.45, 2.75) is 38.2 Å². The van der Waals surface area contributed by atoms with Crippen LogP contribution in [-0.2, 0) is 12.9 Å². The number of aromatic nitrogens is 7. The maximum Gasteiger partial charge on any atom is 0.184 e. The predicted molar refractivity (Wildman–Crippen MR) is 124 cm³/mol. The van der Waals surface area contributed by atoms with E-state index in [9.17, 15) is 0 Å². The van der Waals surface area contributed by atoms with E-state index < -0.39 is 11.8 Å². The number of hydrogen-bond acceptors (Lipinski definition) is 8. The number of hydrogen-bond donors (Lipinski definition) is 2. The first-order valence-corrected chi connectivity index (χ1v) is 11.4. The quantitative estimate of drug-likeness (QED) is 0.484. The summed E-state index contributed by atoms with van der Waals surface area (Å²) < 4.78 is 19.9. The number of nitrogens with one attached hydrogen (secondary N) is 1. The second-order valence-electron chi connectivity index (χ2n) is 9.10. The second-order valence-corrected chi connectivity index (χ2v) is 9.10. The highest BCUT2D eigenvalue weighted by Crippen LogP contribution is 2.50. The minimum Gasteiger partial charge on any atom is -0.355 e. The van der Waals surface area contributed by atoms with Crippen molar-refractivity contribution in [1.82, 2.24) is 34.9 Å². The van der Waals surface area contributed by atoms with Gasteiger partial charge in [-0.15, -0.1) is 0 Å². The molecule has 10 nitrogen and oxygen atoms in total. The van der Waals surface area contributed by atoms with E-state index >= 15 is 0 Å². The lowest BCUT2D eigenvalue weighted by atomic mass is 9.73. The first-order chi connectivity index (χ1) is 17.0. The third-order valence-electron chi connectivity index (χ3n) is 7.36. The van der Waals surface area contributed by atoms with E-state index in [1.54, 1.807) is 24.7 Å². The lowest BCUT2D eigenvalue weighted by Gasteiger charge is -2.42. The third kappa shape index (κ3) is 2.80. The molecule has 0 aromatic carbocycles. The Morgan fingerprint density at radius 1 is 1.12 bits per heavy atom. The minimum atomic E-state index is -1.49. The molecule has 1 spiro atoms. The maximum atomic E-state index is 8.95. The Kier molecular flexibility index (Phi) is 3.60. The molecule has 33 heavy (non-hydrogen) atoms. The van der Waals surface area contributed by atoms with E-state index in [2.05, 4.69) is 30.1 Å². The van der Waals surface area contributed by atoms with Gasteiger partial charge in [0.1, 0.15) is 11.6 Å². The second kappa shape index (κ2) is 6.98. The van der Waals surface area contributed by atoms with Crippen LogP contribution in [-0.4, -0.2) is 54.6 Å². The Labute approximate surface area is 193 Å². The van der Waals surface area contributed by atoms with Crippen molar-refractivity contribution in [2.24, 2.45) is 11.1 Å². The van der Waals surface area contributed by atoms with Gasteiger partial charge in [-0.05, 0) is 48.2 Å². The van der Waals surface area contributed by atoms with Crippen molar-refractivity contribution < 1.29 is 2.74 Å². The van der Waals surface area contributed by atoms with Crippen LogP contribution in [0.3, 0.4) is 0 Å². The fourth-order valence-electron chi connectivity index (χ4n) is 5.54. The van der Waals surface area contributed by atoms with Crippen LogP contribution in [0.1, 0.15) is 39.2 Å². The van der Waals surface area contributed by atoms with Crippen molar-refractivity contribution in [2.75, 3.05) is 29.4 Å². The lowest BCUT2D eigenvalue weighted by Crippen LogP contribution is -2.44. The summed E-state index contributed by atoms with van der Waals surface area (Å²) in [5.41, 5.74) is 8.87. The van der Waals surface area contributed by atoms with Crippen LogP contribution in [0.15, 0.2) is 36.9 Å². The molecule has 2 aliphatic heterocycles. The van der Waals surface area contributed by atoms with Crippen LogP contribution < -0.4 is 15.5 Å². The van der Waals surface area contributed by atoms with Crippen molar-refractivity contribution >= 4 is 28.6 Å². The molecule has 0 amide bonds. The summed E-state index contributed by atoms with van der Waals surface area (Å²) >= 11 is 0. The van der Waals surface area contributed by atoms with E-state index in [1.807, 2.05) is 16.9 Å². The Bertz CT molecular complexity index is 1420. The first kappa shape index (κ1) is 17.0. The standard InChI is InChI=1S/C23H26N10/c24-20-16-13-25-6-2-15(16)12-23(20)4-10-31(11-5-23)17-14-26-19-21(28-17)29-30-22(19)32-8-1-9-33-18(32)3-7-27-33/h2-3,6-7,13-14,20H,1,4-5,8-12,24H2,(H,28,29,30)/t20-/m1/s1/i12D2. The number of anilines is 3. The van der Waals surface area contributed by atoms with Crippen molar-refractivity contribution in [3.8, 4) is 0 Å². The summed E-state index contributed by atoms with van der Waals surface area (Å²) in [6, 6.07) is 3.40. The van der Waals surface area contributed by atoms with Crippen LogP contribution in [0.5, 0.6) is 0 Å². The number of piperidine rings is 1. The zero-order valence-electron chi connectivity index (χ0n) is 20.1. The van der Waals surface area contributed by atoms with E-state index in [0.29, 0.717) is 37.1 Å². The van der Waals surface area contributed by atoms with Gasteiger partial charge in [-0.2, -0.15) is 10.2 Å². The highest BCUT2D eigenvalue weighted by molar-refractivity contribution is 5.86. The van der Waals surface area contributed by atoms with Gasteiger partial charge in [0, 0.05) is 53.4 Å². The molecule has 4 aromatic heterocycles.